The number of hydrogen-bond donors (Lipinski definition) is 1. The lowest BCUT2D eigenvalue weighted by Crippen LogP contribution is -2.06. The Labute approximate surface area is 101 Å². The fourth-order valence-electron chi connectivity index (χ4n) is 1.27. The Balaban J connectivity index is 2.10. The lowest BCUT2D eigenvalue weighted by atomic mass is 10.2. The van der Waals surface area contributed by atoms with Gasteiger partial charge in [-0.3, -0.25) is 0 Å². The van der Waals surface area contributed by atoms with Crippen LogP contribution in [-0.4, -0.2) is 9.97 Å². The van der Waals surface area contributed by atoms with Gasteiger partial charge in [-0.1, -0.05) is 17.7 Å². The van der Waals surface area contributed by atoms with Crippen LogP contribution in [0.3, 0.4) is 0 Å². The molecular weight excluding hydrogens is 248 g/mol. The van der Waals surface area contributed by atoms with Gasteiger partial charge in [0.1, 0.15) is 11.6 Å². The molecule has 6 heteroatoms. The fraction of sp³-hybridized carbons (Fsp3) is 0.0909. The Kier molecular flexibility index (Phi) is 3.49. The van der Waals surface area contributed by atoms with E-state index in [9.17, 15) is 8.78 Å². The number of nitrogens with one attached hydrogen (secondary N) is 1. The van der Waals surface area contributed by atoms with Crippen molar-refractivity contribution < 1.29 is 8.78 Å². The molecule has 1 N–H and O–H groups in total. The zero-order chi connectivity index (χ0) is 12.3. The zero-order valence-corrected chi connectivity index (χ0v) is 9.38. The minimum Gasteiger partial charge on any atom is -0.350 e. The monoisotopic (exact) mass is 255 g/mol. The maximum atomic E-state index is 13.3. The molecule has 88 valence electrons. The van der Waals surface area contributed by atoms with Gasteiger partial charge >= 0.3 is 0 Å². The Morgan fingerprint density at radius 3 is 2.29 bits per heavy atom. The molecule has 0 bridgehead atoms. The van der Waals surface area contributed by atoms with Gasteiger partial charge in [-0.15, -0.1) is 0 Å². The minimum atomic E-state index is -0.605. The van der Waals surface area contributed by atoms with Crippen LogP contribution < -0.4 is 5.32 Å². The quantitative estimate of drug-likeness (QED) is 0.916. The van der Waals surface area contributed by atoms with Crippen LogP contribution in [-0.2, 0) is 6.54 Å². The molecule has 0 fully saturated rings. The van der Waals surface area contributed by atoms with Gasteiger partial charge in [0.2, 0.25) is 5.95 Å². The molecule has 1 aromatic heterocycles. The molecule has 1 heterocycles. The summed E-state index contributed by atoms with van der Waals surface area (Å²) < 4.78 is 26.6. The van der Waals surface area contributed by atoms with Crippen molar-refractivity contribution in [3.05, 3.63) is 52.8 Å². The standard InChI is InChI=1S/C11H8ClF2N3/c12-7-4-15-11(16-5-7)17-6-8-9(13)2-1-3-10(8)14/h1-5H,6H2,(H,15,16,17). The second-order valence-electron chi connectivity index (χ2n) is 3.28. The minimum absolute atomic E-state index is 0.0276. The van der Waals surface area contributed by atoms with E-state index in [0.717, 1.165) is 0 Å². The molecule has 1 aromatic carbocycles. The van der Waals surface area contributed by atoms with E-state index < -0.39 is 11.6 Å². The maximum absolute atomic E-state index is 13.3. The summed E-state index contributed by atoms with van der Waals surface area (Å²) in [6.07, 6.45) is 2.79. The van der Waals surface area contributed by atoms with Crippen molar-refractivity contribution in [2.45, 2.75) is 6.54 Å². The molecule has 0 aliphatic carbocycles. The Hall–Kier alpha value is -1.75. The van der Waals surface area contributed by atoms with Crippen LogP contribution in [0.15, 0.2) is 30.6 Å². The molecule has 0 amide bonds. The van der Waals surface area contributed by atoms with E-state index in [0.29, 0.717) is 5.02 Å². The van der Waals surface area contributed by atoms with Gasteiger partial charge in [-0.05, 0) is 12.1 Å². The lowest BCUT2D eigenvalue weighted by Gasteiger charge is -2.06. The number of anilines is 1. The molecule has 0 unspecified atom stereocenters. The van der Waals surface area contributed by atoms with Gasteiger partial charge in [0.15, 0.2) is 0 Å². The molecule has 0 saturated heterocycles. The molecule has 0 saturated carbocycles. The average molecular weight is 256 g/mol. The molecule has 0 atom stereocenters. The summed E-state index contributed by atoms with van der Waals surface area (Å²) in [5, 5.41) is 3.10. The number of hydrogen-bond acceptors (Lipinski definition) is 3. The summed E-state index contributed by atoms with van der Waals surface area (Å²) in [6, 6.07) is 3.71. The smallest absolute Gasteiger partial charge is 0.222 e. The van der Waals surface area contributed by atoms with Crippen LogP contribution >= 0.6 is 11.6 Å². The van der Waals surface area contributed by atoms with E-state index >= 15 is 0 Å². The maximum Gasteiger partial charge on any atom is 0.222 e. The highest BCUT2D eigenvalue weighted by Gasteiger charge is 2.08. The van der Waals surface area contributed by atoms with Crippen molar-refractivity contribution in [2.24, 2.45) is 0 Å². The van der Waals surface area contributed by atoms with E-state index in [1.807, 2.05) is 0 Å². The first-order valence-corrected chi connectivity index (χ1v) is 5.19. The van der Waals surface area contributed by atoms with Crippen LogP contribution in [0.2, 0.25) is 5.02 Å². The summed E-state index contributed by atoms with van der Waals surface area (Å²) in [4.78, 5) is 7.71. The Morgan fingerprint density at radius 1 is 1.12 bits per heavy atom. The van der Waals surface area contributed by atoms with Gasteiger partial charge < -0.3 is 5.32 Å². The van der Waals surface area contributed by atoms with E-state index in [1.165, 1.54) is 30.6 Å². The largest absolute Gasteiger partial charge is 0.350 e. The van der Waals surface area contributed by atoms with E-state index in [2.05, 4.69) is 15.3 Å². The highest BCUT2D eigenvalue weighted by molar-refractivity contribution is 6.30. The van der Waals surface area contributed by atoms with Crippen LogP contribution in [0.5, 0.6) is 0 Å². The topological polar surface area (TPSA) is 37.8 Å². The second-order valence-corrected chi connectivity index (χ2v) is 3.72. The van der Waals surface area contributed by atoms with Crippen molar-refractivity contribution in [1.29, 1.82) is 0 Å². The molecular formula is C11H8ClF2N3. The van der Waals surface area contributed by atoms with Crippen LogP contribution in [0, 0.1) is 11.6 Å². The number of benzene rings is 1. The highest BCUT2D eigenvalue weighted by Crippen LogP contribution is 2.13. The molecule has 0 spiro atoms. The molecule has 2 rings (SSSR count). The van der Waals surface area contributed by atoms with E-state index in [1.54, 1.807) is 0 Å². The molecule has 0 aliphatic heterocycles. The van der Waals surface area contributed by atoms with E-state index in [-0.39, 0.29) is 18.1 Å². The van der Waals surface area contributed by atoms with E-state index in [4.69, 9.17) is 11.6 Å². The number of rotatable bonds is 3. The lowest BCUT2D eigenvalue weighted by molar-refractivity contribution is 0.559. The Morgan fingerprint density at radius 2 is 1.71 bits per heavy atom. The van der Waals surface area contributed by atoms with Crippen molar-refractivity contribution in [2.75, 3.05) is 5.32 Å². The first kappa shape index (κ1) is 11.7. The number of aromatic nitrogens is 2. The summed E-state index contributed by atoms with van der Waals surface area (Å²) in [5.74, 6) is -0.949. The van der Waals surface area contributed by atoms with Crippen molar-refractivity contribution in [1.82, 2.24) is 9.97 Å². The number of halogens is 3. The zero-order valence-electron chi connectivity index (χ0n) is 8.62. The third-order valence-corrected chi connectivity index (χ3v) is 2.30. The number of nitrogens with zero attached hydrogens (tertiary/aromatic N) is 2. The van der Waals surface area contributed by atoms with Gasteiger partial charge in [0.25, 0.3) is 0 Å². The second kappa shape index (κ2) is 5.05. The first-order valence-electron chi connectivity index (χ1n) is 4.81. The van der Waals surface area contributed by atoms with Crippen LogP contribution in [0.4, 0.5) is 14.7 Å². The first-order chi connectivity index (χ1) is 8.16. The summed E-state index contributed by atoms with van der Waals surface area (Å²) in [5.41, 5.74) is -0.0500. The summed E-state index contributed by atoms with van der Waals surface area (Å²) in [7, 11) is 0. The van der Waals surface area contributed by atoms with Gasteiger partial charge in [-0.25, -0.2) is 18.7 Å². The normalized spacial score (nSPS) is 10.3. The van der Waals surface area contributed by atoms with Gasteiger partial charge in [0.05, 0.1) is 17.4 Å². The van der Waals surface area contributed by atoms with Crippen LogP contribution in [0.25, 0.3) is 0 Å². The third kappa shape index (κ3) is 2.88. The fourth-order valence-corrected chi connectivity index (χ4v) is 1.37. The van der Waals surface area contributed by atoms with Crippen molar-refractivity contribution in [3.8, 4) is 0 Å². The van der Waals surface area contributed by atoms with Crippen molar-refractivity contribution in [3.63, 3.8) is 0 Å². The molecule has 3 nitrogen and oxygen atoms in total. The van der Waals surface area contributed by atoms with Gasteiger partial charge in [-0.2, -0.15) is 0 Å². The Bertz CT molecular complexity index is 496. The predicted octanol–water partition coefficient (Wildman–Crippen LogP) is 3.02. The summed E-state index contributed by atoms with van der Waals surface area (Å²) in [6.45, 7) is -0.0276. The predicted molar refractivity (Wildman–Crippen MR) is 60.7 cm³/mol. The molecule has 0 radical (unpaired) electrons. The third-order valence-electron chi connectivity index (χ3n) is 2.11. The van der Waals surface area contributed by atoms with Gasteiger partial charge in [0, 0.05) is 12.1 Å². The van der Waals surface area contributed by atoms with Crippen LogP contribution in [0.1, 0.15) is 5.56 Å². The highest BCUT2D eigenvalue weighted by atomic mass is 35.5. The molecule has 2 aromatic rings. The molecule has 17 heavy (non-hydrogen) atoms. The molecule has 0 aliphatic rings. The SMILES string of the molecule is Fc1cccc(F)c1CNc1ncc(Cl)cn1. The average Bonchev–Trinajstić information content (AvgIpc) is 2.31. The summed E-state index contributed by atoms with van der Waals surface area (Å²) >= 11 is 5.61. The van der Waals surface area contributed by atoms with Crippen molar-refractivity contribution >= 4 is 17.5 Å².